The Bertz CT molecular complexity index is 852. The molecule has 0 unspecified atom stereocenters. The summed E-state index contributed by atoms with van der Waals surface area (Å²) in [5, 5.41) is 0.936. The zero-order valence-corrected chi connectivity index (χ0v) is 10.1. The van der Waals surface area contributed by atoms with Gasteiger partial charge >= 0.3 is 0 Å². The SMILES string of the molecule is C=NCc1cc2c(=O)c3ccccc3oc2nc1N. The minimum Gasteiger partial charge on any atom is -0.437 e. The van der Waals surface area contributed by atoms with Gasteiger partial charge in [-0.25, -0.2) is 0 Å². The van der Waals surface area contributed by atoms with Crippen molar-refractivity contribution in [1.82, 2.24) is 4.98 Å². The Morgan fingerprint density at radius 1 is 1.32 bits per heavy atom. The number of nitrogens with zero attached hydrogens (tertiary/aromatic N) is 2. The number of para-hydroxylation sites is 1. The van der Waals surface area contributed by atoms with E-state index in [9.17, 15) is 4.79 Å². The molecule has 0 atom stereocenters. The Labute approximate surface area is 108 Å². The molecule has 0 aliphatic heterocycles. The van der Waals surface area contributed by atoms with E-state index in [1.54, 1.807) is 30.3 Å². The van der Waals surface area contributed by atoms with Crippen LogP contribution in [0.1, 0.15) is 5.56 Å². The quantitative estimate of drug-likeness (QED) is 0.560. The Hall–Kier alpha value is -2.69. The second-order valence-electron chi connectivity index (χ2n) is 4.19. The van der Waals surface area contributed by atoms with Gasteiger partial charge in [0.15, 0.2) is 0 Å². The van der Waals surface area contributed by atoms with Crippen molar-refractivity contribution in [3.8, 4) is 0 Å². The standard InChI is InChI=1S/C14H11N3O2/c1-16-7-8-6-10-12(18)9-4-2-3-5-11(9)19-14(10)17-13(8)15/h2-6H,1,7H2,(H2,15,17). The fraction of sp³-hybridized carbons (Fsp3) is 0.0714. The van der Waals surface area contributed by atoms with Gasteiger partial charge < -0.3 is 10.2 Å². The lowest BCUT2D eigenvalue weighted by atomic mass is 10.1. The van der Waals surface area contributed by atoms with Gasteiger partial charge in [-0.3, -0.25) is 9.79 Å². The Balaban J connectivity index is 2.45. The maximum atomic E-state index is 12.4. The van der Waals surface area contributed by atoms with Crippen LogP contribution >= 0.6 is 0 Å². The number of rotatable bonds is 2. The van der Waals surface area contributed by atoms with Crippen molar-refractivity contribution in [1.29, 1.82) is 0 Å². The van der Waals surface area contributed by atoms with Crippen LogP contribution in [0.4, 0.5) is 5.82 Å². The summed E-state index contributed by atoms with van der Waals surface area (Å²) in [5.74, 6) is 0.304. The molecule has 0 fully saturated rings. The number of nitrogens with two attached hydrogens (primary N) is 1. The van der Waals surface area contributed by atoms with Crippen molar-refractivity contribution < 1.29 is 4.42 Å². The number of hydrogen-bond acceptors (Lipinski definition) is 5. The summed E-state index contributed by atoms with van der Waals surface area (Å²) in [7, 11) is 0. The highest BCUT2D eigenvalue weighted by Gasteiger charge is 2.11. The summed E-state index contributed by atoms with van der Waals surface area (Å²) in [4.78, 5) is 20.3. The second-order valence-corrected chi connectivity index (χ2v) is 4.19. The molecule has 1 aromatic carbocycles. The first-order chi connectivity index (χ1) is 9.20. The maximum absolute atomic E-state index is 12.4. The van der Waals surface area contributed by atoms with Gasteiger partial charge in [0.1, 0.15) is 11.4 Å². The number of benzene rings is 1. The molecule has 0 bridgehead atoms. The highest BCUT2D eigenvalue weighted by Crippen LogP contribution is 2.21. The smallest absolute Gasteiger partial charge is 0.232 e. The van der Waals surface area contributed by atoms with Crippen molar-refractivity contribution in [3.63, 3.8) is 0 Å². The van der Waals surface area contributed by atoms with Gasteiger partial charge in [-0.1, -0.05) is 12.1 Å². The molecule has 0 aliphatic carbocycles. The third kappa shape index (κ3) is 1.76. The fourth-order valence-corrected chi connectivity index (χ4v) is 2.03. The average Bonchev–Trinajstić information content (AvgIpc) is 2.41. The monoisotopic (exact) mass is 253 g/mol. The van der Waals surface area contributed by atoms with E-state index in [0.29, 0.717) is 34.3 Å². The topological polar surface area (TPSA) is 81.5 Å². The molecule has 0 radical (unpaired) electrons. The van der Waals surface area contributed by atoms with Crippen LogP contribution in [-0.2, 0) is 6.54 Å². The molecular weight excluding hydrogens is 242 g/mol. The number of aliphatic imine (C=N–C) groups is 1. The van der Waals surface area contributed by atoms with Crippen molar-refractivity contribution in [2.45, 2.75) is 6.54 Å². The van der Waals surface area contributed by atoms with Crippen molar-refractivity contribution in [2.75, 3.05) is 5.73 Å². The van der Waals surface area contributed by atoms with E-state index in [1.165, 1.54) is 0 Å². The molecule has 94 valence electrons. The molecule has 5 heteroatoms. The van der Waals surface area contributed by atoms with Crippen LogP contribution < -0.4 is 11.2 Å². The highest BCUT2D eigenvalue weighted by molar-refractivity contribution is 5.89. The average molecular weight is 253 g/mol. The molecule has 0 aliphatic rings. The first kappa shape index (κ1) is 11.4. The first-order valence-corrected chi connectivity index (χ1v) is 5.74. The molecule has 2 aromatic heterocycles. The van der Waals surface area contributed by atoms with Gasteiger partial charge in [0.2, 0.25) is 11.1 Å². The van der Waals surface area contributed by atoms with Gasteiger partial charge in [0.25, 0.3) is 0 Å². The second kappa shape index (κ2) is 4.20. The number of aromatic nitrogens is 1. The summed E-state index contributed by atoms with van der Waals surface area (Å²) < 4.78 is 5.60. The summed E-state index contributed by atoms with van der Waals surface area (Å²) in [6, 6.07) is 8.72. The highest BCUT2D eigenvalue weighted by atomic mass is 16.3. The number of pyridine rings is 1. The number of anilines is 1. The van der Waals surface area contributed by atoms with Gasteiger partial charge in [-0.15, -0.1) is 0 Å². The third-order valence-corrected chi connectivity index (χ3v) is 2.97. The Morgan fingerprint density at radius 3 is 2.89 bits per heavy atom. The lowest BCUT2D eigenvalue weighted by molar-refractivity contribution is 0.645. The van der Waals surface area contributed by atoms with Crippen LogP contribution in [-0.4, -0.2) is 11.7 Å². The predicted molar refractivity (Wildman–Crippen MR) is 75.5 cm³/mol. The molecule has 0 saturated carbocycles. The van der Waals surface area contributed by atoms with Crippen molar-refractivity contribution in [3.05, 3.63) is 46.1 Å². The predicted octanol–water partition coefficient (Wildman–Crippen LogP) is 2.12. The zero-order chi connectivity index (χ0) is 13.4. The van der Waals surface area contributed by atoms with Gasteiger partial charge in [0.05, 0.1) is 17.3 Å². The van der Waals surface area contributed by atoms with E-state index in [1.807, 2.05) is 0 Å². The van der Waals surface area contributed by atoms with Crippen LogP contribution in [0, 0.1) is 0 Å². The van der Waals surface area contributed by atoms with Gasteiger partial charge in [-0.05, 0) is 24.9 Å². The normalized spacial score (nSPS) is 10.9. The number of hydrogen-bond donors (Lipinski definition) is 1. The van der Waals surface area contributed by atoms with E-state index in [4.69, 9.17) is 10.2 Å². The largest absolute Gasteiger partial charge is 0.437 e. The molecule has 0 spiro atoms. The molecule has 3 aromatic rings. The van der Waals surface area contributed by atoms with Crippen LogP contribution in [0.3, 0.4) is 0 Å². The Morgan fingerprint density at radius 2 is 2.11 bits per heavy atom. The number of nitrogen functional groups attached to an aromatic ring is 1. The maximum Gasteiger partial charge on any atom is 0.232 e. The molecule has 0 saturated heterocycles. The van der Waals surface area contributed by atoms with Gasteiger partial charge in [-0.2, -0.15) is 4.98 Å². The minimum absolute atomic E-state index is 0.116. The lowest BCUT2D eigenvalue weighted by Gasteiger charge is -2.05. The van der Waals surface area contributed by atoms with Crippen LogP contribution in [0.2, 0.25) is 0 Å². The van der Waals surface area contributed by atoms with Crippen LogP contribution in [0.5, 0.6) is 0 Å². The van der Waals surface area contributed by atoms with E-state index in [0.717, 1.165) is 0 Å². The van der Waals surface area contributed by atoms with E-state index >= 15 is 0 Å². The minimum atomic E-state index is -0.116. The summed E-state index contributed by atoms with van der Waals surface area (Å²) in [6.07, 6.45) is 0. The molecule has 2 heterocycles. The summed E-state index contributed by atoms with van der Waals surface area (Å²) in [5.41, 5.74) is 7.11. The van der Waals surface area contributed by atoms with Crippen LogP contribution in [0.25, 0.3) is 22.1 Å². The summed E-state index contributed by atoms with van der Waals surface area (Å²) >= 11 is 0. The van der Waals surface area contributed by atoms with E-state index in [-0.39, 0.29) is 11.1 Å². The number of fused-ring (bicyclic) bond motifs is 2. The fourth-order valence-electron chi connectivity index (χ4n) is 2.03. The molecule has 0 amide bonds. The first-order valence-electron chi connectivity index (χ1n) is 5.74. The molecule has 19 heavy (non-hydrogen) atoms. The molecule has 2 N–H and O–H groups in total. The zero-order valence-electron chi connectivity index (χ0n) is 10.1. The summed E-state index contributed by atoms with van der Waals surface area (Å²) in [6.45, 7) is 3.74. The van der Waals surface area contributed by atoms with E-state index < -0.39 is 0 Å². The van der Waals surface area contributed by atoms with Crippen molar-refractivity contribution in [2.24, 2.45) is 4.99 Å². The lowest BCUT2D eigenvalue weighted by Crippen LogP contribution is -2.06. The van der Waals surface area contributed by atoms with Crippen molar-refractivity contribution >= 4 is 34.6 Å². The Kier molecular flexibility index (Phi) is 2.52. The van der Waals surface area contributed by atoms with Crippen LogP contribution in [0.15, 0.2) is 44.5 Å². The molecular formula is C14H11N3O2. The molecule has 5 nitrogen and oxygen atoms in total. The third-order valence-electron chi connectivity index (χ3n) is 2.97. The van der Waals surface area contributed by atoms with E-state index in [2.05, 4.69) is 16.7 Å². The molecule has 3 rings (SSSR count). The van der Waals surface area contributed by atoms with Gasteiger partial charge in [0, 0.05) is 5.56 Å².